The number of aliphatic hydroxyl groups is 1. The summed E-state index contributed by atoms with van der Waals surface area (Å²) in [6, 6.07) is 0. The lowest BCUT2D eigenvalue weighted by molar-refractivity contribution is -0.165. The minimum Gasteiger partial charge on any atom is -0.464 e. The molecule has 2 saturated carbocycles. The van der Waals surface area contributed by atoms with E-state index in [1.54, 1.807) is 6.92 Å². The molecule has 2 fully saturated rings. The Labute approximate surface area is 108 Å². The first-order chi connectivity index (χ1) is 8.51. The van der Waals surface area contributed by atoms with Crippen molar-refractivity contribution < 1.29 is 19.0 Å². The number of carbonyl (C=O) groups is 1. The molecule has 0 saturated heterocycles. The third-order valence-corrected chi connectivity index (χ3v) is 4.81. The van der Waals surface area contributed by atoms with Crippen molar-refractivity contribution in [3.05, 3.63) is 0 Å². The molecule has 1 spiro atoms. The first-order valence-electron chi connectivity index (χ1n) is 7.04. The van der Waals surface area contributed by atoms with Crippen LogP contribution in [-0.4, -0.2) is 29.5 Å². The van der Waals surface area contributed by atoms with Gasteiger partial charge in [0.2, 0.25) is 6.17 Å². The van der Waals surface area contributed by atoms with Gasteiger partial charge in [-0.15, -0.1) is 0 Å². The molecule has 0 aliphatic heterocycles. The van der Waals surface area contributed by atoms with Gasteiger partial charge in [0.05, 0.1) is 6.61 Å². The van der Waals surface area contributed by atoms with Gasteiger partial charge in [0, 0.05) is 0 Å². The summed E-state index contributed by atoms with van der Waals surface area (Å²) in [5, 5.41) is 10.3. The van der Waals surface area contributed by atoms with E-state index in [0.29, 0.717) is 18.3 Å². The van der Waals surface area contributed by atoms with E-state index in [9.17, 15) is 14.3 Å². The van der Waals surface area contributed by atoms with Crippen LogP contribution in [-0.2, 0) is 9.53 Å². The van der Waals surface area contributed by atoms with E-state index < -0.39 is 17.7 Å². The molecule has 3 nitrogen and oxygen atoms in total. The second-order valence-corrected chi connectivity index (χ2v) is 5.93. The first kappa shape index (κ1) is 13.8. The molecule has 1 atom stereocenters. The number of halogens is 1. The van der Waals surface area contributed by atoms with E-state index in [1.165, 1.54) is 25.7 Å². The molecule has 4 heteroatoms. The van der Waals surface area contributed by atoms with Crippen molar-refractivity contribution >= 4 is 5.97 Å². The van der Waals surface area contributed by atoms with Gasteiger partial charge in [-0.2, -0.15) is 0 Å². The number of rotatable bonds is 3. The highest BCUT2D eigenvalue weighted by molar-refractivity contribution is 5.76. The Hall–Kier alpha value is -0.640. The van der Waals surface area contributed by atoms with Crippen LogP contribution in [0.5, 0.6) is 0 Å². The monoisotopic (exact) mass is 258 g/mol. The predicted octanol–water partition coefficient (Wildman–Crippen LogP) is 2.75. The topological polar surface area (TPSA) is 46.5 Å². The Morgan fingerprint density at radius 3 is 2.28 bits per heavy atom. The molecule has 0 aromatic carbocycles. The number of ether oxygens (including phenoxy) is 1. The standard InChI is InChI=1S/C14H23FO3/c1-2-18-12(16)11(15)14(17)9-7-13(8-10-14)5-3-4-6-13/h11,17H,2-10H2,1H3. The summed E-state index contributed by atoms with van der Waals surface area (Å²) in [6.45, 7) is 1.79. The Bertz CT molecular complexity index is 300. The molecular formula is C14H23FO3. The molecule has 104 valence electrons. The summed E-state index contributed by atoms with van der Waals surface area (Å²) >= 11 is 0. The van der Waals surface area contributed by atoms with E-state index in [1.807, 2.05) is 0 Å². The molecule has 1 N–H and O–H groups in total. The Kier molecular flexibility index (Phi) is 3.95. The van der Waals surface area contributed by atoms with Crippen LogP contribution in [0.2, 0.25) is 0 Å². The summed E-state index contributed by atoms with van der Waals surface area (Å²) in [5.74, 6) is -0.914. The van der Waals surface area contributed by atoms with Crippen molar-refractivity contribution in [2.24, 2.45) is 5.41 Å². The Morgan fingerprint density at radius 2 is 1.78 bits per heavy atom. The fraction of sp³-hybridized carbons (Fsp3) is 0.929. The lowest BCUT2D eigenvalue weighted by Gasteiger charge is -2.42. The number of hydrogen-bond acceptors (Lipinski definition) is 3. The van der Waals surface area contributed by atoms with Gasteiger partial charge < -0.3 is 9.84 Å². The van der Waals surface area contributed by atoms with Gasteiger partial charge in [0.15, 0.2) is 0 Å². The van der Waals surface area contributed by atoms with Crippen molar-refractivity contribution in [2.45, 2.75) is 70.1 Å². The van der Waals surface area contributed by atoms with Gasteiger partial charge in [-0.25, -0.2) is 9.18 Å². The first-order valence-corrected chi connectivity index (χ1v) is 7.04. The smallest absolute Gasteiger partial charge is 0.343 e. The zero-order valence-corrected chi connectivity index (χ0v) is 11.1. The van der Waals surface area contributed by atoms with Gasteiger partial charge in [-0.3, -0.25) is 0 Å². The predicted molar refractivity (Wildman–Crippen MR) is 65.8 cm³/mol. The molecule has 2 rings (SSSR count). The van der Waals surface area contributed by atoms with E-state index in [2.05, 4.69) is 4.74 Å². The maximum absolute atomic E-state index is 14.0. The van der Waals surface area contributed by atoms with E-state index in [-0.39, 0.29) is 6.61 Å². The number of alkyl halides is 1. The molecule has 0 aromatic rings. The third kappa shape index (κ3) is 2.53. The van der Waals surface area contributed by atoms with Gasteiger partial charge in [-0.1, -0.05) is 12.8 Å². The maximum atomic E-state index is 14.0. The third-order valence-electron chi connectivity index (χ3n) is 4.81. The Morgan fingerprint density at radius 1 is 1.22 bits per heavy atom. The maximum Gasteiger partial charge on any atom is 0.343 e. The summed E-state index contributed by atoms with van der Waals surface area (Å²) in [7, 11) is 0. The summed E-state index contributed by atoms with van der Waals surface area (Å²) in [6.07, 6.45) is 5.42. The van der Waals surface area contributed by atoms with E-state index >= 15 is 0 Å². The fourth-order valence-electron chi connectivity index (χ4n) is 3.53. The van der Waals surface area contributed by atoms with Crippen LogP contribution in [0.3, 0.4) is 0 Å². The average molecular weight is 258 g/mol. The molecule has 18 heavy (non-hydrogen) atoms. The highest BCUT2D eigenvalue weighted by atomic mass is 19.1. The van der Waals surface area contributed by atoms with Gasteiger partial charge in [0.1, 0.15) is 5.60 Å². The van der Waals surface area contributed by atoms with Gasteiger partial charge in [-0.05, 0) is 50.9 Å². The van der Waals surface area contributed by atoms with Crippen molar-refractivity contribution in [3.8, 4) is 0 Å². The van der Waals surface area contributed by atoms with Crippen LogP contribution in [0, 0.1) is 5.41 Å². The molecule has 0 aromatic heterocycles. The summed E-state index contributed by atoms with van der Waals surface area (Å²) < 4.78 is 18.7. The minimum atomic E-state index is -1.89. The highest BCUT2D eigenvalue weighted by Crippen LogP contribution is 2.52. The fourth-order valence-corrected chi connectivity index (χ4v) is 3.53. The van der Waals surface area contributed by atoms with Crippen molar-refractivity contribution in [1.82, 2.24) is 0 Å². The van der Waals surface area contributed by atoms with E-state index in [0.717, 1.165) is 12.8 Å². The lowest BCUT2D eigenvalue weighted by Crippen LogP contribution is -2.49. The molecule has 0 radical (unpaired) electrons. The number of esters is 1. The van der Waals surface area contributed by atoms with Gasteiger partial charge >= 0.3 is 5.97 Å². The zero-order valence-electron chi connectivity index (χ0n) is 11.1. The quantitative estimate of drug-likeness (QED) is 0.792. The highest BCUT2D eigenvalue weighted by Gasteiger charge is 2.49. The van der Waals surface area contributed by atoms with Crippen LogP contribution in [0.25, 0.3) is 0 Å². The van der Waals surface area contributed by atoms with Crippen molar-refractivity contribution in [3.63, 3.8) is 0 Å². The molecule has 0 heterocycles. The molecule has 1 unspecified atom stereocenters. The number of hydrogen-bond donors (Lipinski definition) is 1. The molecule has 0 amide bonds. The molecule has 2 aliphatic rings. The van der Waals surface area contributed by atoms with Crippen LogP contribution in [0.1, 0.15) is 58.3 Å². The van der Waals surface area contributed by atoms with E-state index in [4.69, 9.17) is 0 Å². The van der Waals surface area contributed by atoms with Crippen LogP contribution in [0.15, 0.2) is 0 Å². The lowest BCUT2D eigenvalue weighted by atomic mass is 9.66. The van der Waals surface area contributed by atoms with Gasteiger partial charge in [0.25, 0.3) is 0 Å². The second kappa shape index (κ2) is 5.16. The van der Waals surface area contributed by atoms with Crippen molar-refractivity contribution in [2.75, 3.05) is 6.61 Å². The average Bonchev–Trinajstić information content (AvgIpc) is 2.82. The van der Waals surface area contributed by atoms with Crippen LogP contribution in [0.4, 0.5) is 4.39 Å². The molecule has 2 aliphatic carbocycles. The normalized spacial score (nSPS) is 27.1. The van der Waals surface area contributed by atoms with Crippen LogP contribution >= 0.6 is 0 Å². The number of carbonyl (C=O) groups excluding carboxylic acids is 1. The zero-order chi connectivity index (χ0) is 13.2. The summed E-state index contributed by atoms with van der Waals surface area (Å²) in [5.41, 5.74) is -1.18. The second-order valence-electron chi connectivity index (χ2n) is 5.93. The molecular weight excluding hydrogens is 235 g/mol. The van der Waals surface area contributed by atoms with Crippen LogP contribution < -0.4 is 0 Å². The summed E-state index contributed by atoms with van der Waals surface area (Å²) in [4.78, 5) is 11.4. The SMILES string of the molecule is CCOC(=O)C(F)C1(O)CCC2(CCCC2)CC1. The Balaban J connectivity index is 1.95. The molecule has 0 bridgehead atoms. The minimum absolute atomic E-state index is 0.152. The largest absolute Gasteiger partial charge is 0.464 e. The van der Waals surface area contributed by atoms with Crippen molar-refractivity contribution in [1.29, 1.82) is 0 Å².